The highest BCUT2D eigenvalue weighted by atomic mass is 16.5. The van der Waals surface area contributed by atoms with E-state index in [1.807, 2.05) is 29.9 Å². The molecule has 1 saturated carbocycles. The number of amides is 1. The molecule has 31 heavy (non-hydrogen) atoms. The van der Waals surface area contributed by atoms with Gasteiger partial charge in [-0.05, 0) is 62.4 Å². The Bertz CT molecular complexity index is 968. The van der Waals surface area contributed by atoms with E-state index in [0.29, 0.717) is 23.6 Å². The monoisotopic (exact) mass is 424 g/mol. The molecular weight excluding hydrogens is 392 g/mol. The van der Waals surface area contributed by atoms with Gasteiger partial charge in [-0.25, -0.2) is 0 Å². The Balaban J connectivity index is 1.30. The number of carbonyl (C=O) groups is 1. The highest BCUT2D eigenvalue weighted by molar-refractivity contribution is 5.80. The van der Waals surface area contributed by atoms with E-state index in [0.717, 1.165) is 55.9 Å². The third kappa shape index (κ3) is 3.91. The average molecular weight is 425 g/mol. The third-order valence-corrected chi connectivity index (χ3v) is 7.31. The zero-order valence-electron chi connectivity index (χ0n) is 18.6. The Labute approximate surface area is 183 Å². The lowest BCUT2D eigenvalue weighted by Gasteiger charge is -2.50. The molecule has 3 saturated heterocycles. The van der Waals surface area contributed by atoms with E-state index in [1.54, 1.807) is 14.2 Å². The van der Waals surface area contributed by atoms with Crippen molar-refractivity contribution in [2.45, 2.75) is 37.6 Å². The van der Waals surface area contributed by atoms with Crippen molar-refractivity contribution in [3.8, 4) is 22.8 Å². The van der Waals surface area contributed by atoms with Gasteiger partial charge in [0.25, 0.3) is 0 Å². The van der Waals surface area contributed by atoms with Crippen molar-refractivity contribution in [3.05, 3.63) is 30.0 Å². The molecule has 1 aromatic carbocycles. The predicted octanol–water partition coefficient (Wildman–Crippen LogP) is 2.81. The molecule has 0 spiro atoms. The van der Waals surface area contributed by atoms with E-state index >= 15 is 0 Å². The van der Waals surface area contributed by atoms with Crippen LogP contribution in [0, 0.1) is 11.8 Å². The summed E-state index contributed by atoms with van der Waals surface area (Å²) in [6.45, 7) is 2.96. The molecular formula is C24H32N4O3. The standard InChI is InChI=1S/C24H32N4O3/c1-27-21(12-20(26-27)17-6-7-22(30-2)23(11-17)31-3)19-14-28-9-8-16(19)10-18(28)13-25-24(29)15-4-5-15/h6-7,11-12,15-16,18-19H,4-5,8-10,13-14H2,1-3H3,(H,25,29)/t16-,18+,19+/m0/s1. The van der Waals surface area contributed by atoms with Crippen molar-refractivity contribution >= 4 is 5.91 Å². The number of benzene rings is 1. The summed E-state index contributed by atoms with van der Waals surface area (Å²) in [6.07, 6.45) is 4.49. The van der Waals surface area contributed by atoms with E-state index < -0.39 is 0 Å². The van der Waals surface area contributed by atoms with Gasteiger partial charge in [-0.1, -0.05) is 0 Å². The molecule has 6 rings (SSSR count). The Hall–Kier alpha value is -2.54. The van der Waals surface area contributed by atoms with Crippen LogP contribution < -0.4 is 14.8 Å². The molecule has 2 bridgehead atoms. The second kappa shape index (κ2) is 8.19. The van der Waals surface area contributed by atoms with Crippen LogP contribution in [0.15, 0.2) is 24.3 Å². The molecule has 4 fully saturated rings. The molecule has 1 aromatic heterocycles. The largest absolute Gasteiger partial charge is 0.493 e. The Morgan fingerprint density at radius 2 is 1.97 bits per heavy atom. The zero-order valence-corrected chi connectivity index (χ0v) is 18.6. The predicted molar refractivity (Wildman–Crippen MR) is 118 cm³/mol. The van der Waals surface area contributed by atoms with E-state index in [2.05, 4.69) is 16.3 Å². The number of piperidine rings is 3. The summed E-state index contributed by atoms with van der Waals surface area (Å²) in [5, 5.41) is 8.01. The molecule has 7 heteroatoms. The molecule has 7 nitrogen and oxygen atoms in total. The lowest BCUT2D eigenvalue weighted by atomic mass is 9.74. The van der Waals surface area contributed by atoms with Crippen LogP contribution in [-0.2, 0) is 11.8 Å². The first-order valence-electron chi connectivity index (χ1n) is 11.4. The number of hydrogen-bond donors (Lipinski definition) is 1. The third-order valence-electron chi connectivity index (χ3n) is 7.31. The minimum absolute atomic E-state index is 0.255. The molecule has 0 radical (unpaired) electrons. The van der Waals surface area contributed by atoms with Gasteiger partial charge in [0.1, 0.15) is 0 Å². The van der Waals surface area contributed by atoms with Gasteiger partial charge >= 0.3 is 0 Å². The van der Waals surface area contributed by atoms with Gasteiger partial charge in [0.2, 0.25) is 5.91 Å². The number of nitrogens with zero attached hydrogens (tertiary/aromatic N) is 3. The number of carbonyl (C=O) groups excluding carboxylic acids is 1. The molecule has 1 unspecified atom stereocenters. The van der Waals surface area contributed by atoms with E-state index in [-0.39, 0.29) is 11.8 Å². The molecule has 3 aliphatic heterocycles. The number of hydrogen-bond acceptors (Lipinski definition) is 5. The lowest BCUT2D eigenvalue weighted by Crippen LogP contribution is -2.56. The van der Waals surface area contributed by atoms with Crippen molar-refractivity contribution in [2.75, 3.05) is 33.9 Å². The normalized spacial score (nSPS) is 27.2. The van der Waals surface area contributed by atoms with Gasteiger partial charge in [-0.3, -0.25) is 14.4 Å². The van der Waals surface area contributed by atoms with Crippen molar-refractivity contribution < 1.29 is 14.3 Å². The van der Waals surface area contributed by atoms with Crippen LogP contribution >= 0.6 is 0 Å². The summed E-state index contributed by atoms with van der Waals surface area (Å²) in [6, 6.07) is 8.65. The first-order chi connectivity index (χ1) is 15.1. The van der Waals surface area contributed by atoms with Crippen molar-refractivity contribution in [1.29, 1.82) is 0 Å². The Morgan fingerprint density at radius 3 is 2.65 bits per heavy atom. The van der Waals surface area contributed by atoms with Crippen LogP contribution in [-0.4, -0.2) is 60.5 Å². The Kier molecular flexibility index (Phi) is 5.38. The van der Waals surface area contributed by atoms with Crippen LogP contribution in [0.5, 0.6) is 11.5 Å². The number of ether oxygens (including phenoxy) is 2. The number of nitrogens with one attached hydrogen (secondary N) is 1. The maximum Gasteiger partial charge on any atom is 0.223 e. The van der Waals surface area contributed by atoms with Gasteiger partial charge in [0.05, 0.1) is 19.9 Å². The number of fused-ring (bicyclic) bond motifs is 3. The SMILES string of the molecule is COc1ccc(-c2cc([C@@H]3CN4CC[C@H]3C[C@@H]4CNC(=O)C3CC3)n(C)n2)cc1OC. The quantitative estimate of drug-likeness (QED) is 0.740. The summed E-state index contributed by atoms with van der Waals surface area (Å²) >= 11 is 0. The molecule has 1 aliphatic carbocycles. The first kappa shape index (κ1) is 20.4. The van der Waals surface area contributed by atoms with Gasteiger partial charge in [-0.2, -0.15) is 5.10 Å². The summed E-state index contributed by atoms with van der Waals surface area (Å²) in [4.78, 5) is 14.6. The summed E-state index contributed by atoms with van der Waals surface area (Å²) in [5.41, 5.74) is 3.28. The van der Waals surface area contributed by atoms with E-state index in [9.17, 15) is 4.79 Å². The molecule has 1 N–H and O–H groups in total. The zero-order chi connectivity index (χ0) is 21.5. The number of aryl methyl sites for hydroxylation is 1. The molecule has 4 atom stereocenters. The van der Waals surface area contributed by atoms with Gasteiger partial charge in [-0.15, -0.1) is 0 Å². The fraction of sp³-hybridized carbons (Fsp3) is 0.583. The maximum atomic E-state index is 12.1. The van der Waals surface area contributed by atoms with Gasteiger partial charge in [0.15, 0.2) is 11.5 Å². The number of rotatable bonds is 7. The van der Waals surface area contributed by atoms with Crippen molar-refractivity contribution in [2.24, 2.45) is 18.9 Å². The smallest absolute Gasteiger partial charge is 0.223 e. The average Bonchev–Trinajstić information content (AvgIpc) is 3.59. The highest BCUT2D eigenvalue weighted by Gasteiger charge is 2.42. The van der Waals surface area contributed by atoms with Crippen molar-refractivity contribution in [1.82, 2.24) is 20.0 Å². The first-order valence-corrected chi connectivity index (χ1v) is 11.4. The van der Waals surface area contributed by atoms with Crippen LogP contribution in [0.25, 0.3) is 11.3 Å². The molecule has 1 amide bonds. The second-order valence-electron chi connectivity index (χ2n) is 9.21. The van der Waals surface area contributed by atoms with E-state index in [1.165, 1.54) is 12.1 Å². The van der Waals surface area contributed by atoms with Gasteiger partial charge in [0, 0.05) is 49.3 Å². The molecule has 2 aromatic rings. The highest BCUT2D eigenvalue weighted by Crippen LogP contribution is 2.43. The van der Waals surface area contributed by atoms with Crippen LogP contribution in [0.4, 0.5) is 0 Å². The molecule has 166 valence electrons. The summed E-state index contributed by atoms with van der Waals surface area (Å²) in [7, 11) is 5.35. The van der Waals surface area contributed by atoms with Crippen LogP contribution in [0.3, 0.4) is 0 Å². The van der Waals surface area contributed by atoms with Crippen molar-refractivity contribution in [3.63, 3.8) is 0 Å². The Morgan fingerprint density at radius 1 is 1.16 bits per heavy atom. The minimum atomic E-state index is 0.255. The minimum Gasteiger partial charge on any atom is -0.493 e. The van der Waals surface area contributed by atoms with E-state index in [4.69, 9.17) is 14.6 Å². The fourth-order valence-electron chi connectivity index (χ4n) is 5.36. The number of aromatic nitrogens is 2. The number of methoxy groups -OCH3 is 2. The van der Waals surface area contributed by atoms with Crippen LogP contribution in [0.2, 0.25) is 0 Å². The summed E-state index contributed by atoms with van der Waals surface area (Å²) in [5.74, 6) is 3.10. The maximum absolute atomic E-state index is 12.1. The molecule has 4 aliphatic rings. The molecule has 4 heterocycles. The fourth-order valence-corrected chi connectivity index (χ4v) is 5.36. The lowest BCUT2D eigenvalue weighted by molar-refractivity contribution is -0.122. The topological polar surface area (TPSA) is 68.6 Å². The summed E-state index contributed by atoms with van der Waals surface area (Å²) < 4.78 is 12.9. The second-order valence-corrected chi connectivity index (χ2v) is 9.21. The van der Waals surface area contributed by atoms with Crippen LogP contribution in [0.1, 0.15) is 37.3 Å². The van der Waals surface area contributed by atoms with Gasteiger partial charge < -0.3 is 14.8 Å².